The van der Waals surface area contributed by atoms with Crippen LogP contribution in [0.1, 0.15) is 6.92 Å². The van der Waals surface area contributed by atoms with E-state index in [1.54, 1.807) is 20.4 Å². The molecule has 0 radical (unpaired) electrons. The number of fused-ring (bicyclic) bond motifs is 1. The Balaban J connectivity index is 2.16. The average molecular weight is 280 g/mol. The Bertz CT molecular complexity index is 544. The number of nitrogens with zero attached hydrogens (tertiary/aromatic N) is 3. The average Bonchev–Trinajstić information content (AvgIpc) is 2.92. The maximum Gasteiger partial charge on any atom is 0.226 e. The highest BCUT2D eigenvalue weighted by molar-refractivity contribution is 5.86. The number of rotatable bonds is 8. The van der Waals surface area contributed by atoms with E-state index >= 15 is 0 Å². The second kappa shape index (κ2) is 7.01. The van der Waals surface area contributed by atoms with Crippen LogP contribution in [0.5, 0.6) is 0 Å². The monoisotopic (exact) mass is 280 g/mol. The number of nitrogens with one attached hydrogen (secondary N) is 3. The predicted molar refractivity (Wildman–Crippen MR) is 77.0 cm³/mol. The smallest absolute Gasteiger partial charge is 0.226 e. The Labute approximate surface area is 117 Å². The normalized spacial score (nSPS) is 12.6. The quantitative estimate of drug-likeness (QED) is 0.659. The molecule has 0 saturated heterocycles. The maximum atomic E-state index is 5.31. The SMILES string of the molecule is CCNc1nc(NCC(COC)OC)c2cn[nH]c2n1. The zero-order valence-electron chi connectivity index (χ0n) is 11.9. The number of aromatic amines is 1. The molecule has 0 amide bonds. The van der Waals surface area contributed by atoms with Crippen LogP contribution in [0.2, 0.25) is 0 Å². The fourth-order valence-electron chi connectivity index (χ4n) is 1.81. The van der Waals surface area contributed by atoms with Gasteiger partial charge in [-0.3, -0.25) is 5.10 Å². The fourth-order valence-corrected chi connectivity index (χ4v) is 1.81. The molecule has 2 heterocycles. The number of hydrogen-bond acceptors (Lipinski definition) is 7. The minimum Gasteiger partial charge on any atom is -0.382 e. The number of H-pyrrole nitrogens is 1. The van der Waals surface area contributed by atoms with Crippen LogP contribution < -0.4 is 10.6 Å². The molecule has 110 valence electrons. The van der Waals surface area contributed by atoms with E-state index in [9.17, 15) is 0 Å². The third-order valence-corrected chi connectivity index (χ3v) is 2.83. The van der Waals surface area contributed by atoms with Crippen LogP contribution in [0.3, 0.4) is 0 Å². The van der Waals surface area contributed by atoms with Gasteiger partial charge in [0.2, 0.25) is 5.95 Å². The molecule has 8 nitrogen and oxygen atoms in total. The van der Waals surface area contributed by atoms with Crippen molar-refractivity contribution >= 4 is 22.8 Å². The molecule has 0 bridgehead atoms. The summed E-state index contributed by atoms with van der Waals surface area (Å²) in [6.07, 6.45) is 1.66. The van der Waals surface area contributed by atoms with Gasteiger partial charge in [-0.25, -0.2) is 0 Å². The number of anilines is 2. The van der Waals surface area contributed by atoms with Crippen LogP contribution >= 0.6 is 0 Å². The van der Waals surface area contributed by atoms with E-state index in [4.69, 9.17) is 9.47 Å². The molecule has 0 aromatic carbocycles. The van der Waals surface area contributed by atoms with Crippen LogP contribution in [0.15, 0.2) is 6.20 Å². The van der Waals surface area contributed by atoms with Crippen molar-refractivity contribution in [2.75, 3.05) is 44.5 Å². The molecule has 8 heteroatoms. The summed E-state index contributed by atoms with van der Waals surface area (Å²) < 4.78 is 10.4. The zero-order valence-corrected chi connectivity index (χ0v) is 11.9. The van der Waals surface area contributed by atoms with Gasteiger partial charge < -0.3 is 20.1 Å². The van der Waals surface area contributed by atoms with Crippen LogP contribution in [-0.2, 0) is 9.47 Å². The Morgan fingerprint density at radius 3 is 2.85 bits per heavy atom. The summed E-state index contributed by atoms with van der Waals surface area (Å²) in [6, 6.07) is 0. The maximum absolute atomic E-state index is 5.31. The van der Waals surface area contributed by atoms with Crippen molar-refractivity contribution in [2.45, 2.75) is 13.0 Å². The molecular formula is C12H20N6O2. The molecule has 0 fully saturated rings. The largest absolute Gasteiger partial charge is 0.382 e. The van der Waals surface area contributed by atoms with E-state index in [2.05, 4.69) is 30.8 Å². The van der Waals surface area contributed by atoms with Crippen molar-refractivity contribution in [3.63, 3.8) is 0 Å². The van der Waals surface area contributed by atoms with Gasteiger partial charge in [-0.05, 0) is 6.92 Å². The highest BCUT2D eigenvalue weighted by Crippen LogP contribution is 2.19. The van der Waals surface area contributed by atoms with E-state index in [0.717, 1.165) is 17.7 Å². The third kappa shape index (κ3) is 3.34. The van der Waals surface area contributed by atoms with E-state index < -0.39 is 0 Å². The number of aromatic nitrogens is 4. The summed E-state index contributed by atoms with van der Waals surface area (Å²) in [4.78, 5) is 8.77. The Kier molecular flexibility index (Phi) is 5.08. The molecule has 20 heavy (non-hydrogen) atoms. The summed E-state index contributed by atoms with van der Waals surface area (Å²) in [5.41, 5.74) is 0.694. The van der Waals surface area contributed by atoms with E-state index in [-0.39, 0.29) is 6.10 Å². The van der Waals surface area contributed by atoms with Crippen LogP contribution in [0, 0.1) is 0 Å². The summed E-state index contributed by atoms with van der Waals surface area (Å²) >= 11 is 0. The molecule has 2 aromatic rings. The number of ether oxygens (including phenoxy) is 2. The van der Waals surface area contributed by atoms with Crippen molar-refractivity contribution < 1.29 is 9.47 Å². The topological polar surface area (TPSA) is 97.0 Å². The van der Waals surface area contributed by atoms with Crippen molar-refractivity contribution in [1.29, 1.82) is 0 Å². The Morgan fingerprint density at radius 1 is 1.30 bits per heavy atom. The molecular weight excluding hydrogens is 260 g/mol. The van der Waals surface area contributed by atoms with Gasteiger partial charge in [0.05, 0.1) is 24.3 Å². The van der Waals surface area contributed by atoms with Crippen molar-refractivity contribution in [3.8, 4) is 0 Å². The molecule has 0 saturated carbocycles. The summed E-state index contributed by atoms with van der Waals surface area (Å²) in [5, 5.41) is 14.0. The first-order valence-electron chi connectivity index (χ1n) is 6.49. The fraction of sp³-hybridized carbons (Fsp3) is 0.583. The molecule has 0 aliphatic carbocycles. The van der Waals surface area contributed by atoms with Crippen molar-refractivity contribution in [2.24, 2.45) is 0 Å². The van der Waals surface area contributed by atoms with Gasteiger partial charge in [0, 0.05) is 27.3 Å². The van der Waals surface area contributed by atoms with Gasteiger partial charge in [-0.15, -0.1) is 0 Å². The first-order valence-corrected chi connectivity index (χ1v) is 6.49. The van der Waals surface area contributed by atoms with Crippen LogP contribution in [-0.4, -0.2) is 60.2 Å². The highest BCUT2D eigenvalue weighted by Gasteiger charge is 2.12. The standard InChI is InChI=1S/C12H20N6O2/c1-4-13-12-16-10(9-6-15-18-11(9)17-12)14-5-8(20-3)7-19-2/h6,8H,4-5,7H2,1-3H3,(H3,13,14,15,16,17,18). The van der Waals surface area contributed by atoms with E-state index in [1.165, 1.54) is 0 Å². The lowest BCUT2D eigenvalue weighted by molar-refractivity contribution is 0.0365. The van der Waals surface area contributed by atoms with Gasteiger partial charge in [0.1, 0.15) is 5.82 Å². The predicted octanol–water partition coefficient (Wildman–Crippen LogP) is 0.858. The Hall–Kier alpha value is -1.93. The summed E-state index contributed by atoms with van der Waals surface area (Å²) in [6.45, 7) is 3.85. The second-order valence-corrected chi connectivity index (χ2v) is 4.25. The molecule has 2 rings (SSSR count). The first-order chi connectivity index (χ1) is 9.78. The second-order valence-electron chi connectivity index (χ2n) is 4.25. The third-order valence-electron chi connectivity index (χ3n) is 2.83. The lowest BCUT2D eigenvalue weighted by Crippen LogP contribution is -2.27. The van der Waals surface area contributed by atoms with Crippen molar-refractivity contribution in [1.82, 2.24) is 20.2 Å². The molecule has 2 aromatic heterocycles. The molecule has 0 aliphatic heterocycles. The Morgan fingerprint density at radius 2 is 2.15 bits per heavy atom. The minimum atomic E-state index is -0.0421. The zero-order chi connectivity index (χ0) is 14.4. The van der Waals surface area contributed by atoms with Gasteiger partial charge in [0.25, 0.3) is 0 Å². The van der Waals surface area contributed by atoms with Crippen LogP contribution in [0.4, 0.5) is 11.8 Å². The van der Waals surface area contributed by atoms with Crippen LogP contribution in [0.25, 0.3) is 11.0 Å². The van der Waals surface area contributed by atoms with Gasteiger partial charge in [-0.2, -0.15) is 15.1 Å². The minimum absolute atomic E-state index is 0.0421. The molecule has 1 atom stereocenters. The molecule has 0 spiro atoms. The number of hydrogen-bond donors (Lipinski definition) is 3. The highest BCUT2D eigenvalue weighted by atomic mass is 16.5. The van der Waals surface area contributed by atoms with Gasteiger partial charge in [0.15, 0.2) is 5.65 Å². The molecule has 0 aliphatic rings. The lowest BCUT2D eigenvalue weighted by atomic mass is 10.3. The number of methoxy groups -OCH3 is 2. The molecule has 3 N–H and O–H groups in total. The summed E-state index contributed by atoms with van der Waals surface area (Å²) in [7, 11) is 3.30. The van der Waals surface area contributed by atoms with Gasteiger partial charge in [-0.1, -0.05) is 0 Å². The van der Waals surface area contributed by atoms with E-state index in [0.29, 0.717) is 24.7 Å². The van der Waals surface area contributed by atoms with Gasteiger partial charge >= 0.3 is 0 Å². The van der Waals surface area contributed by atoms with E-state index in [1.807, 2.05) is 6.92 Å². The van der Waals surface area contributed by atoms with Crippen molar-refractivity contribution in [3.05, 3.63) is 6.20 Å². The first kappa shape index (κ1) is 14.5. The lowest BCUT2D eigenvalue weighted by Gasteiger charge is -2.16. The molecule has 1 unspecified atom stereocenters. The summed E-state index contributed by atoms with van der Waals surface area (Å²) in [5.74, 6) is 1.28.